The molecule has 25 heavy (non-hydrogen) atoms. The summed E-state index contributed by atoms with van der Waals surface area (Å²) >= 11 is 0. The zero-order chi connectivity index (χ0) is 17.3. The smallest absolute Gasteiger partial charge is 0.220 e. The Balaban J connectivity index is 1.31. The van der Waals surface area contributed by atoms with Gasteiger partial charge in [-0.3, -0.25) is 4.79 Å². The second-order valence-corrected chi connectivity index (χ2v) is 9.01. The summed E-state index contributed by atoms with van der Waals surface area (Å²) in [7, 11) is 0. The molecule has 0 aliphatic heterocycles. The van der Waals surface area contributed by atoms with Crippen LogP contribution in [0.4, 0.5) is 0 Å². The van der Waals surface area contributed by atoms with Gasteiger partial charge in [-0.25, -0.2) is 4.98 Å². The third kappa shape index (κ3) is 3.63. The maximum absolute atomic E-state index is 12.0. The summed E-state index contributed by atoms with van der Waals surface area (Å²) in [6, 6.07) is 0. The highest BCUT2D eigenvalue weighted by molar-refractivity contribution is 5.76. The van der Waals surface area contributed by atoms with E-state index in [2.05, 4.69) is 17.2 Å². The van der Waals surface area contributed by atoms with Crippen LogP contribution in [-0.2, 0) is 16.6 Å². The number of H-pyrrole nitrogens is 1. The molecule has 4 saturated carbocycles. The number of hydrogen-bond donors (Lipinski definition) is 2. The summed E-state index contributed by atoms with van der Waals surface area (Å²) in [6.07, 6.45) is 15.2. The maximum atomic E-state index is 12.0. The van der Waals surface area contributed by atoms with Crippen molar-refractivity contribution < 1.29 is 4.79 Å². The molecule has 4 aliphatic carbocycles. The Kier molecular flexibility index (Phi) is 4.88. The van der Waals surface area contributed by atoms with Crippen LogP contribution < -0.4 is 5.32 Å². The Labute approximate surface area is 151 Å². The van der Waals surface area contributed by atoms with Gasteiger partial charge >= 0.3 is 0 Å². The molecule has 0 aromatic carbocycles. The van der Waals surface area contributed by atoms with E-state index in [4.69, 9.17) is 4.98 Å². The van der Waals surface area contributed by atoms with Gasteiger partial charge in [0.15, 0.2) is 0 Å². The summed E-state index contributed by atoms with van der Waals surface area (Å²) in [5.41, 5.74) is 1.46. The summed E-state index contributed by atoms with van der Waals surface area (Å²) in [5.74, 6) is 4.21. The SMILES string of the molecule is CCCCCNC(=O)CCc1cnc(C23CC4CC(CC(C4)C2)C3)[nH]1. The molecule has 4 aliphatic rings. The van der Waals surface area contributed by atoms with E-state index in [0.29, 0.717) is 11.8 Å². The van der Waals surface area contributed by atoms with Crippen molar-refractivity contribution in [1.29, 1.82) is 0 Å². The van der Waals surface area contributed by atoms with Gasteiger partial charge in [0.1, 0.15) is 5.82 Å². The fourth-order valence-electron chi connectivity index (χ4n) is 6.10. The highest BCUT2D eigenvalue weighted by Crippen LogP contribution is 2.60. The van der Waals surface area contributed by atoms with Crippen LogP contribution in [-0.4, -0.2) is 22.4 Å². The van der Waals surface area contributed by atoms with Gasteiger partial charge in [-0.15, -0.1) is 0 Å². The summed E-state index contributed by atoms with van der Waals surface area (Å²) in [6.45, 7) is 3.00. The first-order chi connectivity index (χ1) is 12.2. The number of amides is 1. The molecule has 1 amide bonds. The van der Waals surface area contributed by atoms with E-state index in [-0.39, 0.29) is 5.91 Å². The van der Waals surface area contributed by atoms with Crippen molar-refractivity contribution in [3.8, 4) is 0 Å². The molecule has 0 unspecified atom stereocenters. The van der Waals surface area contributed by atoms with Crippen molar-refractivity contribution in [2.45, 2.75) is 83.0 Å². The summed E-state index contributed by atoms with van der Waals surface area (Å²) < 4.78 is 0. The van der Waals surface area contributed by atoms with Gasteiger partial charge in [0.05, 0.1) is 0 Å². The molecule has 0 saturated heterocycles. The second-order valence-electron chi connectivity index (χ2n) is 9.01. The fraction of sp³-hybridized carbons (Fsp3) is 0.810. The third-order valence-corrected chi connectivity index (χ3v) is 6.89. The molecule has 0 spiro atoms. The lowest BCUT2D eigenvalue weighted by Crippen LogP contribution is -2.49. The van der Waals surface area contributed by atoms with E-state index < -0.39 is 0 Å². The first-order valence-corrected chi connectivity index (χ1v) is 10.5. The number of imidazole rings is 1. The lowest BCUT2D eigenvalue weighted by atomic mass is 9.49. The number of hydrogen-bond acceptors (Lipinski definition) is 2. The first kappa shape index (κ1) is 17.1. The lowest BCUT2D eigenvalue weighted by Gasteiger charge is -2.56. The Morgan fingerprint density at radius 3 is 2.52 bits per heavy atom. The van der Waals surface area contributed by atoms with Gasteiger partial charge in [0.2, 0.25) is 5.91 Å². The number of nitrogens with zero attached hydrogens (tertiary/aromatic N) is 1. The van der Waals surface area contributed by atoms with E-state index in [1.807, 2.05) is 6.20 Å². The maximum Gasteiger partial charge on any atom is 0.220 e. The van der Waals surface area contributed by atoms with Crippen LogP contribution in [0.3, 0.4) is 0 Å². The van der Waals surface area contributed by atoms with Gasteiger partial charge in [-0.1, -0.05) is 19.8 Å². The minimum Gasteiger partial charge on any atom is -0.356 e. The van der Waals surface area contributed by atoms with Gasteiger partial charge in [-0.05, 0) is 69.1 Å². The van der Waals surface area contributed by atoms with Crippen molar-refractivity contribution in [2.24, 2.45) is 17.8 Å². The van der Waals surface area contributed by atoms with Crippen molar-refractivity contribution >= 4 is 5.91 Å². The van der Waals surface area contributed by atoms with E-state index >= 15 is 0 Å². The molecule has 1 aromatic heterocycles. The third-order valence-electron chi connectivity index (χ3n) is 6.89. The summed E-state index contributed by atoms with van der Waals surface area (Å²) in [5, 5.41) is 3.03. The molecular formula is C21H33N3O. The Hall–Kier alpha value is -1.32. The minimum absolute atomic E-state index is 0.169. The van der Waals surface area contributed by atoms with Crippen molar-refractivity contribution in [2.75, 3.05) is 6.54 Å². The molecule has 0 radical (unpaired) electrons. The minimum atomic E-state index is 0.169. The molecule has 4 nitrogen and oxygen atoms in total. The molecular weight excluding hydrogens is 310 g/mol. The number of carbonyl (C=O) groups excluding carboxylic acids is 1. The van der Waals surface area contributed by atoms with Gasteiger partial charge in [-0.2, -0.15) is 0 Å². The number of nitrogens with one attached hydrogen (secondary N) is 2. The van der Waals surface area contributed by atoms with Crippen LogP contribution in [0.15, 0.2) is 6.20 Å². The molecule has 2 N–H and O–H groups in total. The van der Waals surface area contributed by atoms with Crippen LogP contribution >= 0.6 is 0 Å². The number of aryl methyl sites for hydroxylation is 1. The number of carbonyl (C=O) groups is 1. The van der Waals surface area contributed by atoms with E-state index in [9.17, 15) is 4.79 Å². The molecule has 1 aromatic rings. The largest absolute Gasteiger partial charge is 0.356 e. The predicted octanol–water partition coefficient (Wildman–Crippen LogP) is 4.12. The highest BCUT2D eigenvalue weighted by Gasteiger charge is 2.52. The van der Waals surface area contributed by atoms with Crippen molar-refractivity contribution in [1.82, 2.24) is 15.3 Å². The normalized spacial score (nSPS) is 32.9. The Bertz CT molecular complexity index is 571. The van der Waals surface area contributed by atoms with E-state index in [1.165, 1.54) is 57.2 Å². The molecule has 138 valence electrons. The van der Waals surface area contributed by atoms with Crippen molar-refractivity contribution in [3.05, 3.63) is 17.7 Å². The fourth-order valence-corrected chi connectivity index (χ4v) is 6.10. The number of rotatable bonds is 8. The predicted molar refractivity (Wildman–Crippen MR) is 99.3 cm³/mol. The molecule has 0 atom stereocenters. The zero-order valence-corrected chi connectivity index (χ0v) is 15.7. The average Bonchev–Trinajstić information content (AvgIpc) is 3.06. The van der Waals surface area contributed by atoms with Crippen LogP contribution in [0.5, 0.6) is 0 Å². The molecule has 5 rings (SSSR count). The Morgan fingerprint density at radius 1 is 1.20 bits per heavy atom. The zero-order valence-electron chi connectivity index (χ0n) is 15.7. The van der Waals surface area contributed by atoms with E-state index in [0.717, 1.165) is 42.8 Å². The van der Waals surface area contributed by atoms with Crippen molar-refractivity contribution in [3.63, 3.8) is 0 Å². The topological polar surface area (TPSA) is 57.8 Å². The van der Waals surface area contributed by atoms with Gasteiger partial charge < -0.3 is 10.3 Å². The second kappa shape index (κ2) is 7.13. The quantitative estimate of drug-likeness (QED) is 0.698. The first-order valence-electron chi connectivity index (χ1n) is 10.5. The standard InChI is InChI=1S/C21H33N3O/c1-2-3-4-7-22-19(25)6-5-18-14-23-20(24-18)21-11-15-8-16(12-21)10-17(9-15)13-21/h14-17H,2-13H2,1H3,(H,22,25)(H,23,24). The lowest BCUT2D eigenvalue weighted by molar-refractivity contribution is -0.121. The summed E-state index contributed by atoms with van der Waals surface area (Å²) in [4.78, 5) is 20.4. The molecule has 4 heteroatoms. The van der Waals surface area contributed by atoms with E-state index in [1.54, 1.807) is 0 Å². The molecule has 4 fully saturated rings. The number of unbranched alkanes of at least 4 members (excludes halogenated alkanes) is 2. The van der Waals surface area contributed by atoms with Gasteiger partial charge in [0, 0.05) is 30.3 Å². The molecule has 4 bridgehead atoms. The van der Waals surface area contributed by atoms with Crippen LogP contribution in [0.25, 0.3) is 0 Å². The van der Waals surface area contributed by atoms with Crippen LogP contribution in [0.2, 0.25) is 0 Å². The number of aromatic amines is 1. The Morgan fingerprint density at radius 2 is 1.88 bits per heavy atom. The van der Waals surface area contributed by atoms with Crippen LogP contribution in [0.1, 0.15) is 82.7 Å². The monoisotopic (exact) mass is 343 g/mol. The average molecular weight is 344 g/mol. The van der Waals surface area contributed by atoms with Gasteiger partial charge in [0.25, 0.3) is 0 Å². The highest BCUT2D eigenvalue weighted by atomic mass is 16.1. The van der Waals surface area contributed by atoms with Crippen LogP contribution in [0, 0.1) is 17.8 Å². The number of aromatic nitrogens is 2. The molecule has 1 heterocycles.